The molecule has 1 amide bonds. The van der Waals surface area contributed by atoms with Gasteiger partial charge in [0.25, 0.3) is 5.91 Å². The van der Waals surface area contributed by atoms with E-state index in [4.69, 9.17) is 0 Å². The first-order valence-corrected chi connectivity index (χ1v) is 9.17. The third-order valence-electron chi connectivity index (χ3n) is 5.71. The van der Waals surface area contributed by atoms with Gasteiger partial charge in [0, 0.05) is 25.3 Å². The van der Waals surface area contributed by atoms with Crippen molar-refractivity contribution in [2.45, 2.75) is 58.4 Å². The molecule has 0 spiro atoms. The molecule has 2 heterocycles. The fourth-order valence-corrected chi connectivity index (χ4v) is 3.96. The lowest BCUT2D eigenvalue weighted by Crippen LogP contribution is -2.44. The monoisotopic (exact) mass is 315 g/mol. The number of anilines is 1. The summed E-state index contributed by atoms with van der Waals surface area (Å²) >= 11 is 0. The molecule has 1 aromatic rings. The molecule has 1 aromatic heterocycles. The molecule has 3 unspecified atom stereocenters. The van der Waals surface area contributed by atoms with Crippen molar-refractivity contribution in [1.29, 1.82) is 0 Å². The average Bonchev–Trinajstić information content (AvgIpc) is 2.60. The third-order valence-corrected chi connectivity index (χ3v) is 5.71. The number of piperidine rings is 1. The van der Waals surface area contributed by atoms with Crippen molar-refractivity contribution in [2.24, 2.45) is 11.8 Å². The predicted molar refractivity (Wildman–Crippen MR) is 93.7 cm³/mol. The number of rotatable bonds is 3. The minimum absolute atomic E-state index is 0.0459. The van der Waals surface area contributed by atoms with E-state index in [2.05, 4.69) is 29.0 Å². The van der Waals surface area contributed by atoms with Crippen molar-refractivity contribution >= 4 is 11.7 Å². The number of pyridine rings is 1. The number of aromatic nitrogens is 1. The van der Waals surface area contributed by atoms with Crippen molar-refractivity contribution in [2.75, 3.05) is 18.0 Å². The van der Waals surface area contributed by atoms with Gasteiger partial charge in [-0.3, -0.25) is 4.79 Å². The molecule has 1 aliphatic heterocycles. The van der Waals surface area contributed by atoms with Gasteiger partial charge in [-0.1, -0.05) is 26.7 Å². The summed E-state index contributed by atoms with van der Waals surface area (Å²) in [4.78, 5) is 19.6. The smallest absolute Gasteiger partial charge is 0.255 e. The van der Waals surface area contributed by atoms with Crippen molar-refractivity contribution < 1.29 is 4.79 Å². The summed E-state index contributed by atoms with van der Waals surface area (Å²) in [6.45, 7) is 6.58. The molecule has 1 saturated heterocycles. The number of carbonyl (C=O) groups is 1. The fraction of sp³-hybridized carbons (Fsp3) is 0.684. The van der Waals surface area contributed by atoms with Gasteiger partial charge in [0.2, 0.25) is 0 Å². The van der Waals surface area contributed by atoms with Crippen LogP contribution in [0.1, 0.15) is 62.7 Å². The van der Waals surface area contributed by atoms with Crippen molar-refractivity contribution in [3.05, 3.63) is 23.9 Å². The largest absolute Gasteiger partial charge is 0.356 e. The van der Waals surface area contributed by atoms with E-state index in [-0.39, 0.29) is 5.91 Å². The van der Waals surface area contributed by atoms with Gasteiger partial charge in [-0.25, -0.2) is 4.98 Å². The Morgan fingerprint density at radius 2 is 1.96 bits per heavy atom. The summed E-state index contributed by atoms with van der Waals surface area (Å²) in [7, 11) is 0. The quantitative estimate of drug-likeness (QED) is 0.926. The first-order valence-electron chi connectivity index (χ1n) is 9.17. The van der Waals surface area contributed by atoms with E-state index in [1.165, 1.54) is 32.1 Å². The summed E-state index contributed by atoms with van der Waals surface area (Å²) in [5, 5.41) is 3.29. The topological polar surface area (TPSA) is 45.2 Å². The van der Waals surface area contributed by atoms with Crippen LogP contribution >= 0.6 is 0 Å². The molecule has 0 radical (unpaired) electrons. The molecule has 2 aliphatic rings. The second-order valence-corrected chi connectivity index (χ2v) is 7.27. The average molecular weight is 315 g/mol. The van der Waals surface area contributed by atoms with Crippen LogP contribution in [0.15, 0.2) is 18.3 Å². The number of amides is 1. The number of hydrogen-bond donors (Lipinski definition) is 1. The fourth-order valence-electron chi connectivity index (χ4n) is 3.96. The molecule has 126 valence electrons. The summed E-state index contributed by atoms with van der Waals surface area (Å²) in [5.41, 5.74) is 0.736. The van der Waals surface area contributed by atoms with Gasteiger partial charge in [0.05, 0.1) is 5.56 Å². The Bertz CT molecular complexity index is 539. The van der Waals surface area contributed by atoms with E-state index in [0.717, 1.165) is 30.9 Å². The molecule has 1 saturated carbocycles. The molecule has 0 bridgehead atoms. The Balaban J connectivity index is 1.74. The zero-order valence-corrected chi connectivity index (χ0v) is 14.4. The minimum atomic E-state index is 0.0459. The summed E-state index contributed by atoms with van der Waals surface area (Å²) in [5.74, 6) is 2.14. The molecule has 1 aliphatic carbocycles. The number of carbonyl (C=O) groups excluding carboxylic acids is 1. The highest BCUT2D eigenvalue weighted by Crippen LogP contribution is 2.30. The molecular weight excluding hydrogens is 286 g/mol. The van der Waals surface area contributed by atoms with E-state index < -0.39 is 0 Å². The third kappa shape index (κ3) is 3.67. The summed E-state index contributed by atoms with van der Waals surface area (Å²) < 4.78 is 0. The lowest BCUT2D eigenvalue weighted by atomic mass is 9.78. The maximum atomic E-state index is 12.9. The van der Waals surface area contributed by atoms with Gasteiger partial charge < -0.3 is 10.2 Å². The van der Waals surface area contributed by atoms with E-state index in [0.29, 0.717) is 17.9 Å². The van der Waals surface area contributed by atoms with E-state index >= 15 is 0 Å². The molecule has 0 aromatic carbocycles. The Morgan fingerprint density at radius 3 is 2.74 bits per heavy atom. The van der Waals surface area contributed by atoms with E-state index in [1.54, 1.807) is 6.20 Å². The van der Waals surface area contributed by atoms with E-state index in [9.17, 15) is 4.79 Å². The van der Waals surface area contributed by atoms with Crippen LogP contribution in [0, 0.1) is 11.8 Å². The van der Waals surface area contributed by atoms with Gasteiger partial charge in [-0.2, -0.15) is 0 Å². The Morgan fingerprint density at radius 1 is 1.17 bits per heavy atom. The van der Waals surface area contributed by atoms with Gasteiger partial charge >= 0.3 is 0 Å². The summed E-state index contributed by atoms with van der Waals surface area (Å²) in [6.07, 6.45) is 9.04. The van der Waals surface area contributed by atoms with Gasteiger partial charge in [-0.05, 0) is 49.7 Å². The van der Waals surface area contributed by atoms with Crippen LogP contribution in [-0.2, 0) is 0 Å². The lowest BCUT2D eigenvalue weighted by molar-refractivity contribution is 0.0891. The van der Waals surface area contributed by atoms with Crippen LogP contribution in [-0.4, -0.2) is 30.0 Å². The highest BCUT2D eigenvalue weighted by atomic mass is 16.1. The standard InChI is InChI=1S/C19H29N3O/c1-14-8-6-10-17(15(14)2)21-19(23)16-9-7-11-20-18(16)22-12-4-3-5-13-22/h7,9,11,14-15,17H,3-6,8,10,12-13H2,1-2H3,(H,21,23). The van der Waals surface area contributed by atoms with Crippen LogP contribution in [0.3, 0.4) is 0 Å². The Labute approximate surface area is 139 Å². The number of nitrogens with one attached hydrogen (secondary N) is 1. The molecule has 1 N–H and O–H groups in total. The molecule has 3 atom stereocenters. The van der Waals surface area contributed by atoms with Gasteiger partial charge in [0.15, 0.2) is 0 Å². The number of nitrogens with zero attached hydrogens (tertiary/aromatic N) is 2. The Hall–Kier alpha value is -1.58. The highest BCUT2D eigenvalue weighted by molar-refractivity contribution is 5.99. The normalized spacial score (nSPS) is 28.4. The molecule has 23 heavy (non-hydrogen) atoms. The maximum Gasteiger partial charge on any atom is 0.255 e. The van der Waals surface area contributed by atoms with E-state index in [1.807, 2.05) is 12.1 Å². The van der Waals surface area contributed by atoms with Crippen LogP contribution < -0.4 is 10.2 Å². The molecule has 4 heteroatoms. The molecule has 2 fully saturated rings. The van der Waals surface area contributed by atoms with Gasteiger partial charge in [-0.15, -0.1) is 0 Å². The van der Waals surface area contributed by atoms with Crippen LogP contribution in [0.5, 0.6) is 0 Å². The van der Waals surface area contributed by atoms with Crippen LogP contribution in [0.4, 0.5) is 5.82 Å². The van der Waals surface area contributed by atoms with Crippen LogP contribution in [0.2, 0.25) is 0 Å². The second kappa shape index (κ2) is 7.33. The summed E-state index contributed by atoms with van der Waals surface area (Å²) in [6, 6.07) is 4.08. The SMILES string of the molecule is CC1CCCC(NC(=O)c2cccnc2N2CCCCC2)C1C. The predicted octanol–water partition coefficient (Wildman–Crippen LogP) is 3.63. The lowest BCUT2D eigenvalue weighted by Gasteiger charge is -2.35. The zero-order chi connectivity index (χ0) is 16.2. The first-order chi connectivity index (χ1) is 11.2. The van der Waals surface area contributed by atoms with Crippen molar-refractivity contribution in [3.63, 3.8) is 0 Å². The number of hydrogen-bond acceptors (Lipinski definition) is 3. The molecule has 3 rings (SSSR count). The highest BCUT2D eigenvalue weighted by Gasteiger charge is 2.29. The minimum Gasteiger partial charge on any atom is -0.356 e. The van der Waals surface area contributed by atoms with Crippen molar-refractivity contribution in [1.82, 2.24) is 10.3 Å². The second-order valence-electron chi connectivity index (χ2n) is 7.27. The van der Waals surface area contributed by atoms with Crippen molar-refractivity contribution in [3.8, 4) is 0 Å². The Kier molecular flexibility index (Phi) is 5.19. The van der Waals surface area contributed by atoms with Gasteiger partial charge in [0.1, 0.15) is 5.82 Å². The maximum absolute atomic E-state index is 12.9. The zero-order valence-electron chi connectivity index (χ0n) is 14.4. The van der Waals surface area contributed by atoms with Crippen LogP contribution in [0.25, 0.3) is 0 Å². The first kappa shape index (κ1) is 16.3. The molecular formula is C19H29N3O. The molecule has 4 nitrogen and oxygen atoms in total.